The van der Waals surface area contributed by atoms with Crippen molar-refractivity contribution in [2.45, 2.75) is 6.18 Å². The molecule has 0 saturated carbocycles. The van der Waals surface area contributed by atoms with Crippen LogP contribution in [0.15, 0.2) is 67.0 Å². The van der Waals surface area contributed by atoms with Crippen molar-refractivity contribution in [3.63, 3.8) is 0 Å². The highest BCUT2D eigenvalue weighted by Crippen LogP contribution is 2.15. The van der Waals surface area contributed by atoms with E-state index in [9.17, 15) is 22.8 Å². The van der Waals surface area contributed by atoms with Gasteiger partial charge in [-0.25, -0.2) is 4.68 Å². The Kier molecular flexibility index (Phi) is 5.44. The highest BCUT2D eigenvalue weighted by atomic mass is 19.4. The van der Waals surface area contributed by atoms with Crippen molar-refractivity contribution >= 4 is 17.5 Å². The summed E-state index contributed by atoms with van der Waals surface area (Å²) < 4.78 is 38.1. The summed E-state index contributed by atoms with van der Waals surface area (Å²) in [5, 5.41) is 8.54. The fraction of sp³-hybridized carbons (Fsp3) is 0.105. The molecule has 1 heterocycles. The minimum atomic E-state index is -4.48. The Morgan fingerprint density at radius 1 is 0.929 bits per heavy atom. The van der Waals surface area contributed by atoms with E-state index in [0.29, 0.717) is 11.3 Å². The monoisotopic (exact) mass is 388 g/mol. The van der Waals surface area contributed by atoms with Crippen molar-refractivity contribution in [1.82, 2.24) is 15.1 Å². The lowest BCUT2D eigenvalue weighted by Gasteiger charge is -2.09. The van der Waals surface area contributed by atoms with E-state index < -0.39 is 18.6 Å². The molecular weight excluding hydrogens is 373 g/mol. The van der Waals surface area contributed by atoms with Gasteiger partial charge < -0.3 is 10.6 Å². The number of halogens is 3. The van der Waals surface area contributed by atoms with Crippen LogP contribution in [0.5, 0.6) is 0 Å². The van der Waals surface area contributed by atoms with Crippen molar-refractivity contribution in [2.75, 3.05) is 11.9 Å². The molecule has 2 aromatic carbocycles. The second kappa shape index (κ2) is 7.95. The van der Waals surface area contributed by atoms with Gasteiger partial charge in [0, 0.05) is 29.2 Å². The number of aromatic nitrogens is 2. The minimum absolute atomic E-state index is 0.0609. The van der Waals surface area contributed by atoms with Gasteiger partial charge in [-0.05, 0) is 54.6 Å². The fourth-order valence-corrected chi connectivity index (χ4v) is 2.38. The lowest BCUT2D eigenvalue weighted by Crippen LogP contribution is -2.33. The maximum absolute atomic E-state index is 12.3. The first-order valence-electron chi connectivity index (χ1n) is 8.18. The van der Waals surface area contributed by atoms with Crippen LogP contribution < -0.4 is 10.6 Å². The largest absolute Gasteiger partial charge is 0.405 e. The smallest absolute Gasteiger partial charge is 0.343 e. The van der Waals surface area contributed by atoms with Gasteiger partial charge >= 0.3 is 6.18 Å². The number of nitrogens with one attached hydrogen (secondary N) is 2. The first kappa shape index (κ1) is 19.2. The molecule has 0 fully saturated rings. The van der Waals surface area contributed by atoms with E-state index in [2.05, 4.69) is 10.4 Å². The Morgan fingerprint density at radius 2 is 1.54 bits per heavy atom. The molecule has 0 aliphatic rings. The number of carbonyl (C=O) groups is 2. The van der Waals surface area contributed by atoms with Crippen molar-refractivity contribution in [3.05, 3.63) is 78.1 Å². The van der Waals surface area contributed by atoms with E-state index in [1.807, 2.05) is 0 Å². The summed E-state index contributed by atoms with van der Waals surface area (Å²) in [6, 6.07) is 14.1. The van der Waals surface area contributed by atoms with Gasteiger partial charge in [0.15, 0.2) is 0 Å². The number of hydrogen-bond acceptors (Lipinski definition) is 3. The Labute approximate surface area is 158 Å². The summed E-state index contributed by atoms with van der Waals surface area (Å²) in [6.45, 7) is -1.40. The molecule has 3 aromatic rings. The Hall–Kier alpha value is -3.62. The molecule has 144 valence electrons. The minimum Gasteiger partial charge on any atom is -0.343 e. The van der Waals surface area contributed by atoms with Gasteiger partial charge in [-0.15, -0.1) is 0 Å². The number of anilines is 1. The molecular formula is C19H15F3N4O2. The average Bonchev–Trinajstić information content (AvgIpc) is 3.21. The Morgan fingerprint density at radius 3 is 2.11 bits per heavy atom. The highest BCUT2D eigenvalue weighted by molar-refractivity contribution is 6.04. The Balaban J connectivity index is 1.60. The number of hydrogen-bond donors (Lipinski definition) is 2. The molecule has 6 nitrogen and oxygen atoms in total. The summed E-state index contributed by atoms with van der Waals surface area (Å²) in [7, 11) is 0. The molecule has 2 amide bonds. The average molecular weight is 388 g/mol. The first-order valence-corrected chi connectivity index (χ1v) is 8.18. The normalized spacial score (nSPS) is 11.1. The van der Waals surface area contributed by atoms with Crippen molar-refractivity contribution < 1.29 is 22.8 Å². The first-order chi connectivity index (χ1) is 13.3. The van der Waals surface area contributed by atoms with Gasteiger partial charge in [-0.1, -0.05) is 0 Å². The Bertz CT molecular complexity index is 950. The van der Waals surface area contributed by atoms with E-state index in [0.717, 1.165) is 5.69 Å². The summed E-state index contributed by atoms with van der Waals surface area (Å²) in [4.78, 5) is 24.0. The zero-order valence-corrected chi connectivity index (χ0v) is 14.4. The van der Waals surface area contributed by atoms with Crippen LogP contribution >= 0.6 is 0 Å². The van der Waals surface area contributed by atoms with Gasteiger partial charge in [-0.3, -0.25) is 9.59 Å². The molecule has 0 aliphatic heterocycles. The van der Waals surface area contributed by atoms with Crippen LogP contribution in [0.2, 0.25) is 0 Å². The maximum atomic E-state index is 12.3. The topological polar surface area (TPSA) is 76.0 Å². The van der Waals surface area contributed by atoms with Gasteiger partial charge in [0.2, 0.25) is 0 Å². The lowest BCUT2D eigenvalue weighted by molar-refractivity contribution is -0.123. The molecule has 0 radical (unpaired) electrons. The number of amides is 2. The molecule has 28 heavy (non-hydrogen) atoms. The van der Waals surface area contributed by atoms with Crippen molar-refractivity contribution in [2.24, 2.45) is 0 Å². The highest BCUT2D eigenvalue weighted by Gasteiger charge is 2.27. The predicted molar refractivity (Wildman–Crippen MR) is 96.3 cm³/mol. The molecule has 3 rings (SSSR count). The van der Waals surface area contributed by atoms with E-state index in [1.165, 1.54) is 24.3 Å². The van der Waals surface area contributed by atoms with Gasteiger partial charge in [0.25, 0.3) is 11.8 Å². The van der Waals surface area contributed by atoms with E-state index in [1.54, 1.807) is 52.7 Å². The van der Waals surface area contributed by atoms with Crippen LogP contribution in [-0.2, 0) is 0 Å². The number of rotatable bonds is 5. The van der Waals surface area contributed by atoms with E-state index in [4.69, 9.17) is 0 Å². The second-order valence-corrected chi connectivity index (χ2v) is 5.83. The van der Waals surface area contributed by atoms with Crippen LogP contribution in [0.25, 0.3) is 5.69 Å². The summed E-state index contributed by atoms with van der Waals surface area (Å²) in [5.41, 5.74) is 1.69. The third-order valence-corrected chi connectivity index (χ3v) is 3.75. The third-order valence-electron chi connectivity index (χ3n) is 3.75. The predicted octanol–water partition coefficient (Wildman–Crippen LogP) is 3.42. The van der Waals surface area contributed by atoms with Gasteiger partial charge in [-0.2, -0.15) is 18.3 Å². The van der Waals surface area contributed by atoms with Crippen LogP contribution in [0.4, 0.5) is 18.9 Å². The van der Waals surface area contributed by atoms with Crippen LogP contribution in [0.3, 0.4) is 0 Å². The number of alkyl halides is 3. The number of nitrogens with zero attached hydrogens (tertiary/aromatic N) is 2. The standard InChI is InChI=1S/C19H15F3N4O2/c20-19(21,22)12-23-17(27)13-2-6-15(7-3-13)25-18(28)14-4-8-16(9-5-14)26-11-1-10-24-26/h1-11H,12H2,(H,23,27)(H,25,28). The van der Waals surface area contributed by atoms with Gasteiger partial charge in [0.1, 0.15) is 6.54 Å². The quantitative estimate of drug-likeness (QED) is 0.703. The van der Waals surface area contributed by atoms with Crippen molar-refractivity contribution in [3.8, 4) is 5.69 Å². The van der Waals surface area contributed by atoms with Crippen LogP contribution in [-0.4, -0.2) is 34.3 Å². The number of benzene rings is 2. The summed E-state index contributed by atoms with van der Waals surface area (Å²) >= 11 is 0. The second-order valence-electron chi connectivity index (χ2n) is 5.83. The zero-order chi connectivity index (χ0) is 20.1. The molecule has 2 N–H and O–H groups in total. The van der Waals surface area contributed by atoms with E-state index in [-0.39, 0.29) is 11.5 Å². The van der Waals surface area contributed by atoms with E-state index >= 15 is 0 Å². The zero-order valence-electron chi connectivity index (χ0n) is 14.4. The summed E-state index contributed by atoms with van der Waals surface area (Å²) in [5.74, 6) is -1.20. The van der Waals surface area contributed by atoms with Crippen molar-refractivity contribution in [1.29, 1.82) is 0 Å². The SMILES string of the molecule is O=C(NCC(F)(F)F)c1ccc(NC(=O)c2ccc(-n3cccn3)cc2)cc1. The molecule has 9 heteroatoms. The number of carbonyl (C=O) groups excluding carboxylic acids is 2. The molecule has 0 aliphatic carbocycles. The fourth-order valence-electron chi connectivity index (χ4n) is 2.38. The molecule has 0 saturated heterocycles. The molecule has 0 spiro atoms. The van der Waals surface area contributed by atoms with Gasteiger partial charge in [0.05, 0.1) is 5.69 Å². The molecule has 1 aromatic heterocycles. The molecule has 0 bridgehead atoms. The van der Waals surface area contributed by atoms with Crippen LogP contribution in [0.1, 0.15) is 20.7 Å². The lowest BCUT2D eigenvalue weighted by atomic mass is 10.1. The molecule has 0 unspecified atom stereocenters. The molecule has 0 atom stereocenters. The summed E-state index contributed by atoms with van der Waals surface area (Å²) in [6.07, 6.45) is -1.05. The third kappa shape index (κ3) is 4.97. The maximum Gasteiger partial charge on any atom is 0.405 e. The van der Waals surface area contributed by atoms with Crippen LogP contribution in [0, 0.1) is 0 Å².